The molecule has 0 saturated heterocycles. The predicted octanol–water partition coefficient (Wildman–Crippen LogP) is 6.60. The summed E-state index contributed by atoms with van der Waals surface area (Å²) in [4.78, 5) is 14.7. The normalized spacial score (nSPS) is 11.0. The fourth-order valence-corrected chi connectivity index (χ4v) is 3.67. The maximum Gasteiger partial charge on any atom is 0.266 e. The van der Waals surface area contributed by atoms with E-state index in [0.29, 0.717) is 5.02 Å². The van der Waals surface area contributed by atoms with E-state index in [2.05, 4.69) is 5.32 Å². The molecule has 1 N–H and O–H groups in total. The van der Waals surface area contributed by atoms with Crippen molar-refractivity contribution in [1.82, 2.24) is 0 Å². The second-order valence-corrected chi connectivity index (χ2v) is 7.84. The van der Waals surface area contributed by atoms with Gasteiger partial charge in [-0.2, -0.15) is 5.26 Å². The molecule has 0 heterocycles. The minimum atomic E-state index is -0.409. The first-order chi connectivity index (χ1) is 14.1. The molecule has 0 radical (unpaired) electrons. The number of carbonyl (C=O) groups is 1. The summed E-state index contributed by atoms with van der Waals surface area (Å²) in [7, 11) is 0. The van der Waals surface area contributed by atoms with Gasteiger partial charge >= 0.3 is 0 Å². The quantitative estimate of drug-likeness (QED) is 0.362. The van der Waals surface area contributed by atoms with E-state index in [1.54, 1.807) is 17.8 Å². The van der Waals surface area contributed by atoms with E-state index in [1.807, 2.05) is 85.8 Å². The van der Waals surface area contributed by atoms with Crippen molar-refractivity contribution in [2.75, 3.05) is 5.32 Å². The summed E-state index contributed by atoms with van der Waals surface area (Å²) < 4.78 is 0. The van der Waals surface area contributed by atoms with Gasteiger partial charge in [-0.3, -0.25) is 4.79 Å². The van der Waals surface area contributed by atoms with Crippen molar-refractivity contribution >= 4 is 41.0 Å². The monoisotopic (exact) mass is 418 g/mol. The molecule has 0 aromatic heterocycles. The third-order valence-corrected chi connectivity index (χ3v) is 5.52. The number of nitrogens with zero attached hydrogens (tertiary/aromatic N) is 1. The molecular weight excluding hydrogens is 400 g/mol. The lowest BCUT2D eigenvalue weighted by Gasteiger charge is -2.09. The van der Waals surface area contributed by atoms with E-state index in [1.165, 1.54) is 0 Å². The fourth-order valence-electron chi connectivity index (χ4n) is 2.73. The molecule has 3 aromatic carbocycles. The lowest BCUT2D eigenvalue weighted by molar-refractivity contribution is -0.112. The van der Waals surface area contributed by atoms with Crippen LogP contribution in [0, 0.1) is 11.3 Å². The molecule has 0 aliphatic rings. The maximum absolute atomic E-state index is 12.5. The van der Waals surface area contributed by atoms with Crippen molar-refractivity contribution in [2.45, 2.75) is 23.1 Å². The summed E-state index contributed by atoms with van der Waals surface area (Å²) in [5.41, 5.74) is 2.62. The minimum absolute atomic E-state index is 0.0639. The average molecular weight is 419 g/mol. The van der Waals surface area contributed by atoms with Crippen molar-refractivity contribution in [3.8, 4) is 6.07 Å². The number of nitriles is 1. The van der Waals surface area contributed by atoms with Crippen LogP contribution in [0.3, 0.4) is 0 Å². The van der Waals surface area contributed by atoms with Gasteiger partial charge in [-0.25, -0.2) is 0 Å². The van der Waals surface area contributed by atoms with Crippen molar-refractivity contribution in [3.05, 3.63) is 94.5 Å². The highest BCUT2D eigenvalue weighted by atomic mass is 35.5. The molecule has 3 aromatic rings. The van der Waals surface area contributed by atoms with Gasteiger partial charge in [0.15, 0.2) is 0 Å². The summed E-state index contributed by atoms with van der Waals surface area (Å²) in [6, 6.07) is 24.9. The van der Waals surface area contributed by atoms with Crippen molar-refractivity contribution in [1.29, 1.82) is 5.26 Å². The molecule has 0 saturated carbocycles. The number of anilines is 1. The SMILES string of the molecule is CCc1ccccc1NC(=O)/C(C#N)=C\c1ccc(Sc2ccc(Cl)cc2)cc1. The van der Waals surface area contributed by atoms with Crippen LogP contribution in [0.5, 0.6) is 0 Å². The van der Waals surface area contributed by atoms with Gasteiger partial charge in [-0.15, -0.1) is 0 Å². The Morgan fingerprint density at radius 2 is 1.66 bits per heavy atom. The van der Waals surface area contributed by atoms with Gasteiger partial charge in [0.2, 0.25) is 0 Å². The molecule has 0 bridgehead atoms. The zero-order valence-corrected chi connectivity index (χ0v) is 17.4. The molecule has 0 aliphatic heterocycles. The van der Waals surface area contributed by atoms with Crippen LogP contribution in [0.25, 0.3) is 6.08 Å². The number of carbonyl (C=O) groups excluding carboxylic acids is 1. The molecule has 3 rings (SSSR count). The largest absolute Gasteiger partial charge is 0.321 e. The Kier molecular flexibility index (Phi) is 7.13. The van der Waals surface area contributed by atoms with E-state index in [4.69, 9.17) is 11.6 Å². The Labute approximate surface area is 180 Å². The first-order valence-corrected chi connectivity index (χ1v) is 10.3. The predicted molar refractivity (Wildman–Crippen MR) is 120 cm³/mol. The van der Waals surface area contributed by atoms with Crippen LogP contribution in [-0.2, 0) is 11.2 Å². The Morgan fingerprint density at radius 1 is 1.03 bits per heavy atom. The van der Waals surface area contributed by atoms with Crippen LogP contribution in [0.1, 0.15) is 18.1 Å². The number of benzene rings is 3. The van der Waals surface area contributed by atoms with Crippen molar-refractivity contribution < 1.29 is 4.79 Å². The second kappa shape index (κ2) is 9.97. The number of para-hydroxylation sites is 1. The third kappa shape index (κ3) is 5.74. The Hall–Kier alpha value is -3.00. The molecule has 144 valence electrons. The topological polar surface area (TPSA) is 52.9 Å². The van der Waals surface area contributed by atoms with E-state index in [-0.39, 0.29) is 5.57 Å². The lowest BCUT2D eigenvalue weighted by atomic mass is 10.1. The van der Waals surface area contributed by atoms with Crippen molar-refractivity contribution in [3.63, 3.8) is 0 Å². The fraction of sp³-hybridized carbons (Fsp3) is 0.0833. The van der Waals surface area contributed by atoms with E-state index >= 15 is 0 Å². The smallest absolute Gasteiger partial charge is 0.266 e. The minimum Gasteiger partial charge on any atom is -0.321 e. The van der Waals surface area contributed by atoms with Crippen LogP contribution in [0.15, 0.2) is 88.2 Å². The standard InChI is InChI=1S/C24H19ClN2OS/c1-2-18-5-3-4-6-23(18)27-24(28)19(16-26)15-17-7-11-21(12-8-17)29-22-13-9-20(25)10-14-22/h3-15H,2H2,1H3,(H,27,28)/b19-15-. The highest BCUT2D eigenvalue weighted by Crippen LogP contribution is 2.29. The zero-order valence-electron chi connectivity index (χ0n) is 15.9. The Balaban J connectivity index is 1.72. The molecule has 0 fully saturated rings. The van der Waals surface area contributed by atoms with Crippen LogP contribution < -0.4 is 5.32 Å². The molecule has 0 unspecified atom stereocenters. The lowest BCUT2D eigenvalue weighted by Crippen LogP contribution is -2.14. The van der Waals surface area contributed by atoms with E-state index in [0.717, 1.165) is 33.0 Å². The van der Waals surface area contributed by atoms with Gasteiger partial charge in [-0.1, -0.05) is 60.6 Å². The Bertz CT molecular complexity index is 1070. The highest BCUT2D eigenvalue weighted by molar-refractivity contribution is 7.99. The average Bonchev–Trinajstić information content (AvgIpc) is 2.75. The summed E-state index contributed by atoms with van der Waals surface area (Å²) in [6.07, 6.45) is 2.40. The van der Waals surface area contributed by atoms with Gasteiger partial charge < -0.3 is 5.32 Å². The molecule has 0 atom stereocenters. The number of rotatable bonds is 6. The zero-order chi connectivity index (χ0) is 20.6. The summed E-state index contributed by atoms with van der Waals surface area (Å²) in [6.45, 7) is 2.02. The van der Waals surface area contributed by atoms with Crippen molar-refractivity contribution in [2.24, 2.45) is 0 Å². The van der Waals surface area contributed by atoms with Gasteiger partial charge in [0.05, 0.1) is 0 Å². The third-order valence-electron chi connectivity index (χ3n) is 4.25. The van der Waals surface area contributed by atoms with Gasteiger partial charge in [0, 0.05) is 20.5 Å². The van der Waals surface area contributed by atoms with Gasteiger partial charge in [0.1, 0.15) is 11.6 Å². The summed E-state index contributed by atoms with van der Waals surface area (Å²) in [5, 5.41) is 13.0. The number of nitrogens with one attached hydrogen (secondary N) is 1. The van der Waals surface area contributed by atoms with Gasteiger partial charge in [0.25, 0.3) is 5.91 Å². The first-order valence-electron chi connectivity index (χ1n) is 9.13. The number of aryl methyl sites for hydroxylation is 1. The second-order valence-electron chi connectivity index (χ2n) is 6.26. The molecular formula is C24H19ClN2OS. The van der Waals surface area contributed by atoms with Crippen LogP contribution in [0.4, 0.5) is 5.69 Å². The van der Waals surface area contributed by atoms with E-state index < -0.39 is 5.91 Å². The molecule has 29 heavy (non-hydrogen) atoms. The highest BCUT2D eigenvalue weighted by Gasteiger charge is 2.11. The number of hydrogen-bond acceptors (Lipinski definition) is 3. The molecule has 0 spiro atoms. The Morgan fingerprint density at radius 3 is 2.28 bits per heavy atom. The van der Waals surface area contributed by atoms with Crippen LogP contribution in [-0.4, -0.2) is 5.91 Å². The maximum atomic E-state index is 12.5. The van der Waals surface area contributed by atoms with Crippen LogP contribution in [0.2, 0.25) is 5.02 Å². The molecule has 5 heteroatoms. The first kappa shape index (κ1) is 20.7. The number of amides is 1. The molecule has 3 nitrogen and oxygen atoms in total. The summed E-state index contributed by atoms with van der Waals surface area (Å²) >= 11 is 7.53. The van der Waals surface area contributed by atoms with Crippen LogP contribution >= 0.6 is 23.4 Å². The summed E-state index contributed by atoms with van der Waals surface area (Å²) in [5.74, 6) is -0.409. The van der Waals surface area contributed by atoms with E-state index in [9.17, 15) is 10.1 Å². The molecule has 0 aliphatic carbocycles. The number of halogens is 1. The van der Waals surface area contributed by atoms with Gasteiger partial charge in [-0.05, 0) is 66.1 Å². The molecule has 1 amide bonds. The number of hydrogen-bond donors (Lipinski definition) is 1.